The molecule has 1 amide bonds. The van der Waals surface area contributed by atoms with Crippen LogP contribution >= 0.6 is 11.8 Å². The molecule has 1 atom stereocenters. The Bertz CT molecular complexity index is 777. The van der Waals surface area contributed by atoms with E-state index in [4.69, 9.17) is 11.8 Å². The molecule has 128 valence electrons. The first kappa shape index (κ1) is 18.7. The number of benzene rings is 2. The van der Waals surface area contributed by atoms with Crippen LogP contribution in [0.1, 0.15) is 23.6 Å². The minimum Gasteiger partial charge on any atom is -0.345 e. The fourth-order valence-corrected chi connectivity index (χ4v) is 2.35. The summed E-state index contributed by atoms with van der Waals surface area (Å²) in [6, 6.07) is 16.8. The molecule has 0 radical (unpaired) electrons. The van der Waals surface area contributed by atoms with Gasteiger partial charge in [-0.15, -0.1) is 0 Å². The van der Waals surface area contributed by atoms with Crippen LogP contribution in [0.4, 0.5) is 0 Å². The number of Topliss-reactive ketones (excluding diaryl/α,β-unsaturated/α-hetero) is 1. The molecule has 2 rings (SSSR count). The highest BCUT2D eigenvalue weighted by Crippen LogP contribution is 2.08. The highest BCUT2D eigenvalue weighted by molar-refractivity contribution is 6.14. The van der Waals surface area contributed by atoms with E-state index in [-0.39, 0.29) is 18.2 Å². The van der Waals surface area contributed by atoms with E-state index < -0.39 is 6.04 Å². The minimum absolute atomic E-state index is 0.0423. The summed E-state index contributed by atoms with van der Waals surface area (Å²) in [6.07, 6.45) is 0.426. The lowest BCUT2D eigenvalue weighted by Gasteiger charge is -2.15. The number of carbonyl (C=O) groups is 2. The van der Waals surface area contributed by atoms with E-state index in [0.717, 1.165) is 16.7 Å². The summed E-state index contributed by atoms with van der Waals surface area (Å²) < 4.78 is 0. The van der Waals surface area contributed by atoms with Gasteiger partial charge in [-0.05, 0) is 55.0 Å². The number of hydrogen-bond acceptors (Lipinski definition) is 3. The SMILES string of the molecule is CC(=O)[C@H](Cc1ccc(C#Cc2ccccc2)cc1)NC(=O)CNCl. The first-order valence-corrected chi connectivity index (χ1v) is 8.25. The average Bonchev–Trinajstić information content (AvgIpc) is 2.61. The third-order valence-corrected chi connectivity index (χ3v) is 3.71. The van der Waals surface area contributed by atoms with Crippen molar-refractivity contribution in [1.82, 2.24) is 10.2 Å². The molecule has 2 aromatic rings. The van der Waals surface area contributed by atoms with Crippen molar-refractivity contribution in [2.45, 2.75) is 19.4 Å². The molecule has 0 aromatic heterocycles. The molecule has 0 aliphatic carbocycles. The van der Waals surface area contributed by atoms with Crippen molar-refractivity contribution < 1.29 is 9.59 Å². The summed E-state index contributed by atoms with van der Waals surface area (Å²) in [4.78, 5) is 25.6. The summed E-state index contributed by atoms with van der Waals surface area (Å²) in [6.45, 7) is 1.41. The van der Waals surface area contributed by atoms with Crippen LogP contribution in [-0.2, 0) is 16.0 Å². The number of carbonyl (C=O) groups excluding carboxylic acids is 2. The van der Waals surface area contributed by atoms with Crippen LogP contribution < -0.4 is 10.2 Å². The molecule has 0 heterocycles. The fraction of sp³-hybridized carbons (Fsp3) is 0.200. The van der Waals surface area contributed by atoms with Crippen LogP contribution in [0, 0.1) is 11.8 Å². The Kier molecular flexibility index (Phi) is 7.21. The van der Waals surface area contributed by atoms with Crippen molar-refractivity contribution in [3.63, 3.8) is 0 Å². The van der Waals surface area contributed by atoms with Crippen molar-refractivity contribution in [3.05, 3.63) is 71.3 Å². The Labute approximate surface area is 152 Å². The molecule has 25 heavy (non-hydrogen) atoms. The van der Waals surface area contributed by atoms with Gasteiger partial charge in [-0.3, -0.25) is 9.59 Å². The lowest BCUT2D eigenvalue weighted by atomic mass is 10.0. The maximum atomic E-state index is 11.7. The van der Waals surface area contributed by atoms with Crippen LogP contribution in [0.15, 0.2) is 54.6 Å². The minimum atomic E-state index is -0.571. The second-order valence-electron chi connectivity index (χ2n) is 5.56. The predicted molar refractivity (Wildman–Crippen MR) is 99.0 cm³/mol. The maximum absolute atomic E-state index is 11.7. The zero-order valence-electron chi connectivity index (χ0n) is 13.9. The quantitative estimate of drug-likeness (QED) is 0.619. The van der Waals surface area contributed by atoms with Crippen LogP contribution in [0.3, 0.4) is 0 Å². The zero-order chi connectivity index (χ0) is 18.1. The van der Waals surface area contributed by atoms with Gasteiger partial charge in [-0.25, -0.2) is 4.84 Å². The van der Waals surface area contributed by atoms with Gasteiger partial charge < -0.3 is 5.32 Å². The van der Waals surface area contributed by atoms with Gasteiger partial charge in [0.2, 0.25) is 5.91 Å². The van der Waals surface area contributed by atoms with Gasteiger partial charge in [-0.1, -0.05) is 42.2 Å². The average molecular weight is 355 g/mol. The monoisotopic (exact) mass is 354 g/mol. The van der Waals surface area contributed by atoms with E-state index in [9.17, 15) is 9.59 Å². The fourth-order valence-electron chi connectivity index (χ4n) is 2.23. The molecule has 0 bridgehead atoms. The Hall–Kier alpha value is -2.61. The van der Waals surface area contributed by atoms with Gasteiger partial charge in [0.25, 0.3) is 0 Å². The maximum Gasteiger partial charge on any atom is 0.235 e. The summed E-state index contributed by atoms with van der Waals surface area (Å²) in [5.41, 5.74) is 2.80. The number of rotatable bonds is 6. The van der Waals surface area contributed by atoms with Gasteiger partial charge in [0.05, 0.1) is 12.6 Å². The van der Waals surface area contributed by atoms with Gasteiger partial charge in [0.1, 0.15) is 0 Å². The van der Waals surface area contributed by atoms with E-state index in [2.05, 4.69) is 22.0 Å². The third-order valence-electron chi connectivity index (χ3n) is 3.57. The molecule has 0 saturated heterocycles. The topological polar surface area (TPSA) is 58.2 Å². The smallest absolute Gasteiger partial charge is 0.235 e. The highest BCUT2D eigenvalue weighted by atomic mass is 35.5. The summed E-state index contributed by atoms with van der Waals surface area (Å²) >= 11 is 5.30. The van der Waals surface area contributed by atoms with E-state index in [1.165, 1.54) is 6.92 Å². The second kappa shape index (κ2) is 9.63. The molecular formula is C20H19ClN2O2. The summed E-state index contributed by atoms with van der Waals surface area (Å²) in [5.74, 6) is 5.78. The normalized spacial score (nSPS) is 11.1. The van der Waals surface area contributed by atoms with Crippen molar-refractivity contribution in [2.75, 3.05) is 6.54 Å². The second-order valence-corrected chi connectivity index (χ2v) is 5.83. The highest BCUT2D eigenvalue weighted by Gasteiger charge is 2.17. The third kappa shape index (κ3) is 6.42. The van der Waals surface area contributed by atoms with Gasteiger partial charge in [0, 0.05) is 11.1 Å². The summed E-state index contributed by atoms with van der Waals surface area (Å²) in [7, 11) is 0. The van der Waals surface area contributed by atoms with Crippen LogP contribution in [0.5, 0.6) is 0 Å². The number of nitrogens with one attached hydrogen (secondary N) is 2. The molecule has 0 spiro atoms. The van der Waals surface area contributed by atoms with Gasteiger partial charge in [0.15, 0.2) is 5.78 Å². The standard InChI is InChI=1S/C20H19ClN2O2/c1-15(24)19(23-20(25)14-22-21)13-18-11-9-17(10-12-18)8-7-16-5-3-2-4-6-16/h2-6,9-12,19,22H,13-14H2,1H3,(H,23,25)/t19-/m0/s1. The Morgan fingerprint density at radius 2 is 1.60 bits per heavy atom. The molecule has 0 aliphatic heterocycles. The van der Waals surface area contributed by atoms with Crippen molar-refractivity contribution in [3.8, 4) is 11.8 Å². The first-order valence-electron chi connectivity index (χ1n) is 7.88. The Morgan fingerprint density at radius 3 is 2.16 bits per heavy atom. The number of amides is 1. The molecule has 0 unspecified atom stereocenters. The predicted octanol–water partition coefficient (Wildman–Crippen LogP) is 2.45. The lowest BCUT2D eigenvalue weighted by molar-refractivity contribution is -0.126. The molecule has 0 saturated carbocycles. The largest absolute Gasteiger partial charge is 0.345 e. The van der Waals surface area contributed by atoms with E-state index >= 15 is 0 Å². The van der Waals surface area contributed by atoms with Crippen molar-refractivity contribution in [2.24, 2.45) is 0 Å². The molecule has 2 N–H and O–H groups in total. The zero-order valence-corrected chi connectivity index (χ0v) is 14.6. The number of ketones is 1. The van der Waals surface area contributed by atoms with Gasteiger partial charge >= 0.3 is 0 Å². The molecule has 4 nitrogen and oxygen atoms in total. The van der Waals surface area contributed by atoms with E-state index in [1.54, 1.807) is 0 Å². The number of hydrogen-bond donors (Lipinski definition) is 2. The Morgan fingerprint density at radius 1 is 1.00 bits per heavy atom. The van der Waals surface area contributed by atoms with Crippen LogP contribution in [0.25, 0.3) is 0 Å². The summed E-state index contributed by atoms with van der Waals surface area (Å²) in [5, 5.41) is 2.66. The molecule has 5 heteroatoms. The molecular weight excluding hydrogens is 336 g/mol. The van der Waals surface area contributed by atoms with Crippen LogP contribution in [-0.4, -0.2) is 24.3 Å². The van der Waals surface area contributed by atoms with Crippen molar-refractivity contribution in [1.29, 1.82) is 0 Å². The molecule has 2 aromatic carbocycles. The van der Waals surface area contributed by atoms with Crippen molar-refractivity contribution >= 4 is 23.5 Å². The first-order chi connectivity index (χ1) is 12.1. The van der Waals surface area contributed by atoms with Crippen LogP contribution in [0.2, 0.25) is 0 Å². The van der Waals surface area contributed by atoms with E-state index in [0.29, 0.717) is 6.42 Å². The lowest BCUT2D eigenvalue weighted by Crippen LogP contribution is -2.44. The molecule has 0 aliphatic rings. The Balaban J connectivity index is 2.02. The van der Waals surface area contributed by atoms with Gasteiger partial charge in [-0.2, -0.15) is 0 Å². The van der Waals surface area contributed by atoms with E-state index in [1.807, 2.05) is 54.6 Å². The number of halogens is 1. The molecule has 0 fully saturated rings.